The van der Waals surface area contributed by atoms with Crippen molar-refractivity contribution in [1.82, 2.24) is 20.4 Å². The Balaban J connectivity index is 3.07. The molecule has 0 saturated carbocycles. The van der Waals surface area contributed by atoms with Gasteiger partial charge in [0.2, 0.25) is 23.6 Å². The summed E-state index contributed by atoms with van der Waals surface area (Å²) in [6.07, 6.45) is 4.54. The number of hydrogen-bond donors (Lipinski definition) is 3. The molecule has 0 aromatic rings. The molecule has 2 unspecified atom stereocenters. The quantitative estimate of drug-likeness (QED) is 0.367. The van der Waals surface area contributed by atoms with Crippen LogP contribution in [0.3, 0.4) is 0 Å². The Morgan fingerprint density at radius 3 is 2.24 bits per heavy atom. The molecule has 0 spiro atoms. The molecule has 0 aromatic heterocycles. The Hall–Kier alpha value is -3.01. The fourth-order valence-corrected chi connectivity index (χ4v) is 3.43. The maximum Gasteiger partial charge on any atom is 0.246 e. The van der Waals surface area contributed by atoms with E-state index in [0.717, 1.165) is 12.2 Å². The van der Waals surface area contributed by atoms with Crippen LogP contribution in [0.25, 0.3) is 0 Å². The fraction of sp³-hybridized carbons (Fsp3) is 0.609. The van der Waals surface area contributed by atoms with Gasteiger partial charge in [0.15, 0.2) is 5.78 Å². The normalized spacial score (nSPS) is 24.6. The van der Waals surface area contributed by atoms with Crippen LogP contribution in [-0.4, -0.2) is 89.2 Å². The molecule has 1 rings (SSSR count). The number of aliphatic hydroxyl groups excluding tert-OH is 1. The smallest absolute Gasteiger partial charge is 0.246 e. The summed E-state index contributed by atoms with van der Waals surface area (Å²) in [7, 11) is 3.06. The number of likely N-dealkylation sites (N-methyl/N-ethyl adjacent to an activating group) is 2. The first-order valence-corrected chi connectivity index (χ1v) is 11.1. The standard InChI is InChI=1S/C23H36N4O6/c1-14(2)20-23(33)26(5)15(3)21(31)24-13-9-10-17(22(32)27(20)6)25-19(30)12-8-7-11-18(29)16(4)28/h7-8,11-12,14-17,20,28H,9-10,13H2,1-6H3,(H,24,31)(H,25,30)/b11-7+,12-8+/t15-,16?,17-,20?/m0/s1. The third kappa shape index (κ3) is 8.12. The highest BCUT2D eigenvalue weighted by molar-refractivity contribution is 5.96. The largest absolute Gasteiger partial charge is 0.385 e. The van der Waals surface area contributed by atoms with E-state index < -0.39 is 41.8 Å². The molecule has 3 N–H and O–H groups in total. The van der Waals surface area contributed by atoms with Crippen LogP contribution in [-0.2, 0) is 24.0 Å². The van der Waals surface area contributed by atoms with Crippen LogP contribution in [0.5, 0.6) is 0 Å². The molecule has 1 heterocycles. The lowest BCUT2D eigenvalue weighted by Crippen LogP contribution is -2.59. The van der Waals surface area contributed by atoms with Crippen LogP contribution in [0, 0.1) is 5.92 Å². The second kappa shape index (κ2) is 12.9. The molecule has 4 amide bonds. The van der Waals surface area contributed by atoms with Gasteiger partial charge in [-0.2, -0.15) is 0 Å². The molecule has 33 heavy (non-hydrogen) atoms. The monoisotopic (exact) mass is 464 g/mol. The number of ketones is 1. The van der Waals surface area contributed by atoms with Gasteiger partial charge >= 0.3 is 0 Å². The summed E-state index contributed by atoms with van der Waals surface area (Å²) in [5.74, 6) is -2.32. The van der Waals surface area contributed by atoms with Gasteiger partial charge in [-0.3, -0.25) is 24.0 Å². The molecular weight excluding hydrogens is 428 g/mol. The molecule has 1 aliphatic heterocycles. The Morgan fingerprint density at radius 2 is 1.67 bits per heavy atom. The van der Waals surface area contributed by atoms with Crippen molar-refractivity contribution in [3.8, 4) is 0 Å². The van der Waals surface area contributed by atoms with Crippen molar-refractivity contribution in [1.29, 1.82) is 0 Å². The molecule has 0 aliphatic carbocycles. The zero-order valence-corrected chi connectivity index (χ0v) is 20.2. The maximum absolute atomic E-state index is 13.2. The number of carbonyl (C=O) groups excluding carboxylic acids is 5. The first kappa shape index (κ1) is 28.0. The predicted molar refractivity (Wildman–Crippen MR) is 123 cm³/mol. The van der Waals surface area contributed by atoms with Crippen molar-refractivity contribution < 1.29 is 29.1 Å². The Kier molecular flexibility index (Phi) is 10.9. The van der Waals surface area contributed by atoms with Gasteiger partial charge in [-0.25, -0.2) is 0 Å². The number of amides is 4. The minimum absolute atomic E-state index is 0.222. The molecule has 10 nitrogen and oxygen atoms in total. The van der Waals surface area contributed by atoms with Crippen LogP contribution in [0.4, 0.5) is 0 Å². The molecule has 1 aliphatic rings. The van der Waals surface area contributed by atoms with Crippen molar-refractivity contribution >= 4 is 29.4 Å². The van der Waals surface area contributed by atoms with Crippen molar-refractivity contribution in [2.45, 2.75) is 64.8 Å². The van der Waals surface area contributed by atoms with E-state index in [2.05, 4.69) is 10.6 Å². The Morgan fingerprint density at radius 1 is 1.06 bits per heavy atom. The van der Waals surface area contributed by atoms with Gasteiger partial charge in [-0.05, 0) is 38.7 Å². The molecule has 4 atom stereocenters. The van der Waals surface area contributed by atoms with Crippen molar-refractivity contribution in [2.24, 2.45) is 5.92 Å². The highest BCUT2D eigenvalue weighted by Gasteiger charge is 2.37. The van der Waals surface area contributed by atoms with Gasteiger partial charge in [0.1, 0.15) is 24.2 Å². The molecule has 1 saturated heterocycles. The number of nitrogens with one attached hydrogen (secondary N) is 2. The van der Waals surface area contributed by atoms with Gasteiger partial charge in [0.05, 0.1) is 0 Å². The highest BCUT2D eigenvalue weighted by atomic mass is 16.3. The third-order valence-corrected chi connectivity index (χ3v) is 5.57. The number of nitrogens with zero attached hydrogens (tertiary/aromatic N) is 2. The number of aliphatic hydroxyl groups is 1. The van der Waals surface area contributed by atoms with Crippen LogP contribution in [0.2, 0.25) is 0 Å². The van der Waals surface area contributed by atoms with E-state index in [1.807, 2.05) is 13.8 Å². The highest BCUT2D eigenvalue weighted by Crippen LogP contribution is 2.17. The van der Waals surface area contributed by atoms with Crippen LogP contribution in [0.15, 0.2) is 24.3 Å². The number of hydrogen-bond acceptors (Lipinski definition) is 6. The molecule has 0 radical (unpaired) electrons. The van der Waals surface area contributed by atoms with Crippen LogP contribution >= 0.6 is 0 Å². The maximum atomic E-state index is 13.2. The number of rotatable bonds is 6. The van der Waals surface area contributed by atoms with E-state index in [1.54, 1.807) is 6.92 Å². The summed E-state index contributed by atoms with van der Waals surface area (Å²) in [6, 6.07) is -2.39. The molecule has 184 valence electrons. The summed E-state index contributed by atoms with van der Waals surface area (Å²) in [5.41, 5.74) is 0. The second-order valence-electron chi connectivity index (χ2n) is 8.55. The molecule has 10 heteroatoms. The van der Waals surface area contributed by atoms with Gasteiger partial charge in [-0.1, -0.05) is 26.0 Å². The lowest BCUT2D eigenvalue weighted by molar-refractivity contribution is -0.150. The van der Waals surface area contributed by atoms with E-state index in [4.69, 9.17) is 5.11 Å². The summed E-state index contributed by atoms with van der Waals surface area (Å²) in [5, 5.41) is 14.6. The van der Waals surface area contributed by atoms with E-state index >= 15 is 0 Å². The zero-order chi connectivity index (χ0) is 25.3. The van der Waals surface area contributed by atoms with Gasteiger partial charge < -0.3 is 25.5 Å². The minimum atomic E-state index is -1.13. The average Bonchev–Trinajstić information content (AvgIpc) is 2.75. The van der Waals surface area contributed by atoms with Crippen LogP contribution in [0.1, 0.15) is 40.5 Å². The number of allylic oxidation sites excluding steroid dienone is 2. The van der Waals surface area contributed by atoms with E-state index in [1.165, 1.54) is 43.0 Å². The van der Waals surface area contributed by atoms with E-state index in [-0.39, 0.29) is 24.2 Å². The minimum Gasteiger partial charge on any atom is -0.385 e. The van der Waals surface area contributed by atoms with Gasteiger partial charge in [0.25, 0.3) is 0 Å². The number of carbonyl (C=O) groups is 5. The molecule has 0 aromatic carbocycles. The second-order valence-corrected chi connectivity index (χ2v) is 8.55. The average molecular weight is 465 g/mol. The topological polar surface area (TPSA) is 136 Å². The summed E-state index contributed by atoms with van der Waals surface area (Å²) < 4.78 is 0. The van der Waals surface area contributed by atoms with Gasteiger partial charge in [0, 0.05) is 26.7 Å². The van der Waals surface area contributed by atoms with Gasteiger partial charge in [-0.15, -0.1) is 0 Å². The van der Waals surface area contributed by atoms with Crippen molar-refractivity contribution in [3.05, 3.63) is 24.3 Å². The molecule has 0 bridgehead atoms. The van der Waals surface area contributed by atoms with Crippen LogP contribution < -0.4 is 10.6 Å². The Bertz CT molecular complexity index is 805. The summed E-state index contributed by atoms with van der Waals surface area (Å²) in [4.78, 5) is 65.2. The van der Waals surface area contributed by atoms with Crippen molar-refractivity contribution in [3.63, 3.8) is 0 Å². The third-order valence-electron chi connectivity index (χ3n) is 5.57. The molecule has 1 fully saturated rings. The lowest BCUT2D eigenvalue weighted by atomic mass is 9.98. The van der Waals surface area contributed by atoms with E-state index in [9.17, 15) is 24.0 Å². The summed E-state index contributed by atoms with van der Waals surface area (Å²) >= 11 is 0. The molecular formula is C23H36N4O6. The Labute approximate surface area is 195 Å². The van der Waals surface area contributed by atoms with Crippen molar-refractivity contribution in [2.75, 3.05) is 20.6 Å². The first-order valence-electron chi connectivity index (χ1n) is 11.1. The fourth-order valence-electron chi connectivity index (χ4n) is 3.43. The SMILES string of the molecule is CC(O)C(=O)/C=C/C=C/C(=O)N[C@H]1CCCNC(=O)[C@H](C)N(C)C(=O)C(C(C)C)N(C)C1=O. The van der Waals surface area contributed by atoms with E-state index in [0.29, 0.717) is 13.0 Å². The first-order chi connectivity index (χ1) is 15.4. The zero-order valence-electron chi connectivity index (χ0n) is 20.2. The lowest BCUT2D eigenvalue weighted by Gasteiger charge is -2.37. The predicted octanol–water partition coefficient (Wildman–Crippen LogP) is -0.227. The summed E-state index contributed by atoms with van der Waals surface area (Å²) in [6.45, 7) is 6.89.